The Morgan fingerprint density at radius 2 is 1.81 bits per heavy atom. The summed E-state index contributed by atoms with van der Waals surface area (Å²) in [6, 6.07) is 11.1. The third kappa shape index (κ3) is 3.68. The van der Waals surface area contributed by atoms with Crippen molar-refractivity contribution in [2.75, 3.05) is 31.1 Å². The standard InChI is InChI=1S/C17H21BrN2S/c1-13-3-4-14(2)16(11-13)20-9-7-19(8-10-20)12-15-5-6-17(18)21-15/h3-6,11H,7-10,12H2,1-2H3. The topological polar surface area (TPSA) is 6.48 Å². The van der Waals surface area contributed by atoms with Crippen LogP contribution in [0.3, 0.4) is 0 Å². The van der Waals surface area contributed by atoms with Gasteiger partial charge in [-0.25, -0.2) is 0 Å². The molecule has 1 fully saturated rings. The maximum atomic E-state index is 3.54. The van der Waals surface area contributed by atoms with Gasteiger partial charge in [-0.05, 0) is 59.1 Å². The summed E-state index contributed by atoms with van der Waals surface area (Å²) in [5.74, 6) is 0. The van der Waals surface area contributed by atoms with Crippen LogP contribution < -0.4 is 4.90 Å². The van der Waals surface area contributed by atoms with Crippen molar-refractivity contribution in [2.45, 2.75) is 20.4 Å². The van der Waals surface area contributed by atoms with E-state index in [0.29, 0.717) is 0 Å². The van der Waals surface area contributed by atoms with Crippen LogP contribution in [0.2, 0.25) is 0 Å². The zero-order chi connectivity index (χ0) is 14.8. The number of benzene rings is 1. The lowest BCUT2D eigenvalue weighted by atomic mass is 10.1. The molecule has 21 heavy (non-hydrogen) atoms. The molecule has 1 aliphatic rings. The fourth-order valence-electron chi connectivity index (χ4n) is 2.86. The Morgan fingerprint density at radius 3 is 2.48 bits per heavy atom. The number of hydrogen-bond acceptors (Lipinski definition) is 3. The Labute approximate surface area is 139 Å². The van der Waals surface area contributed by atoms with E-state index in [4.69, 9.17) is 0 Å². The van der Waals surface area contributed by atoms with E-state index < -0.39 is 0 Å². The Morgan fingerprint density at radius 1 is 1.05 bits per heavy atom. The highest BCUT2D eigenvalue weighted by Crippen LogP contribution is 2.25. The largest absolute Gasteiger partial charge is 0.369 e. The van der Waals surface area contributed by atoms with Crippen molar-refractivity contribution in [1.82, 2.24) is 4.90 Å². The first-order valence-corrected chi connectivity index (χ1v) is 9.01. The van der Waals surface area contributed by atoms with Crippen molar-refractivity contribution in [1.29, 1.82) is 0 Å². The van der Waals surface area contributed by atoms with Crippen LogP contribution in [-0.4, -0.2) is 31.1 Å². The zero-order valence-electron chi connectivity index (χ0n) is 12.6. The van der Waals surface area contributed by atoms with Gasteiger partial charge in [0.1, 0.15) is 0 Å². The quantitative estimate of drug-likeness (QED) is 0.793. The minimum atomic E-state index is 1.08. The molecule has 112 valence electrons. The first-order chi connectivity index (χ1) is 10.1. The molecule has 3 rings (SSSR count). The highest BCUT2D eigenvalue weighted by Gasteiger charge is 2.18. The molecule has 1 aromatic heterocycles. The van der Waals surface area contributed by atoms with E-state index in [1.807, 2.05) is 11.3 Å². The summed E-state index contributed by atoms with van der Waals surface area (Å²) in [4.78, 5) is 6.53. The van der Waals surface area contributed by atoms with Crippen LogP contribution >= 0.6 is 27.3 Å². The lowest BCUT2D eigenvalue weighted by Crippen LogP contribution is -2.46. The van der Waals surface area contributed by atoms with Crippen LogP contribution in [0.1, 0.15) is 16.0 Å². The Balaban J connectivity index is 1.61. The summed E-state index contributed by atoms with van der Waals surface area (Å²) in [7, 11) is 0. The maximum absolute atomic E-state index is 3.54. The van der Waals surface area contributed by atoms with Gasteiger partial charge >= 0.3 is 0 Å². The maximum Gasteiger partial charge on any atom is 0.0701 e. The van der Waals surface area contributed by atoms with Gasteiger partial charge in [0.05, 0.1) is 3.79 Å². The fourth-order valence-corrected chi connectivity index (χ4v) is 4.39. The molecular weight excluding hydrogens is 344 g/mol. The summed E-state index contributed by atoms with van der Waals surface area (Å²) in [6.07, 6.45) is 0. The molecule has 0 aliphatic carbocycles. The van der Waals surface area contributed by atoms with Crippen LogP contribution in [0.15, 0.2) is 34.1 Å². The average molecular weight is 365 g/mol. The molecule has 0 bridgehead atoms. The van der Waals surface area contributed by atoms with Crippen LogP contribution in [-0.2, 0) is 6.54 Å². The van der Waals surface area contributed by atoms with Gasteiger partial charge < -0.3 is 4.90 Å². The van der Waals surface area contributed by atoms with Gasteiger partial charge in [0.25, 0.3) is 0 Å². The van der Waals surface area contributed by atoms with Crippen molar-refractivity contribution in [3.8, 4) is 0 Å². The van der Waals surface area contributed by atoms with Crippen molar-refractivity contribution >= 4 is 33.0 Å². The minimum absolute atomic E-state index is 1.08. The molecule has 0 atom stereocenters. The van der Waals surface area contributed by atoms with Gasteiger partial charge in [0.15, 0.2) is 0 Å². The zero-order valence-corrected chi connectivity index (χ0v) is 15.0. The molecule has 4 heteroatoms. The van der Waals surface area contributed by atoms with Gasteiger partial charge in [-0.3, -0.25) is 4.90 Å². The average Bonchev–Trinajstić information content (AvgIpc) is 2.88. The second kappa shape index (κ2) is 6.51. The highest BCUT2D eigenvalue weighted by molar-refractivity contribution is 9.11. The van der Waals surface area contributed by atoms with Crippen molar-refractivity contribution in [3.63, 3.8) is 0 Å². The Hall–Kier alpha value is -0.840. The second-order valence-corrected chi connectivity index (χ2v) is 8.31. The SMILES string of the molecule is Cc1ccc(C)c(N2CCN(Cc3ccc(Br)s3)CC2)c1. The second-order valence-electron chi connectivity index (χ2n) is 5.76. The first-order valence-electron chi connectivity index (χ1n) is 7.40. The van der Waals surface area contributed by atoms with Crippen LogP contribution in [0.25, 0.3) is 0 Å². The molecule has 2 nitrogen and oxygen atoms in total. The number of piperazine rings is 1. The van der Waals surface area contributed by atoms with Crippen molar-refractivity contribution in [3.05, 3.63) is 50.1 Å². The Kier molecular flexibility index (Phi) is 4.67. The van der Waals surface area contributed by atoms with Gasteiger partial charge in [0.2, 0.25) is 0 Å². The molecule has 0 amide bonds. The van der Waals surface area contributed by atoms with E-state index in [-0.39, 0.29) is 0 Å². The van der Waals surface area contributed by atoms with E-state index >= 15 is 0 Å². The molecule has 2 aromatic rings. The van der Waals surface area contributed by atoms with E-state index in [2.05, 4.69) is 69.9 Å². The minimum Gasteiger partial charge on any atom is -0.369 e. The molecular formula is C17H21BrN2S. The summed E-state index contributed by atoms with van der Waals surface area (Å²) >= 11 is 5.39. The summed E-state index contributed by atoms with van der Waals surface area (Å²) in [5, 5.41) is 0. The predicted octanol–water partition coefficient (Wildman–Crippen LogP) is 4.45. The molecule has 1 saturated heterocycles. The molecule has 0 saturated carbocycles. The summed E-state index contributed by atoms with van der Waals surface area (Å²) in [5.41, 5.74) is 4.14. The van der Waals surface area contributed by atoms with E-state index in [0.717, 1.165) is 32.7 Å². The third-order valence-electron chi connectivity index (χ3n) is 4.09. The summed E-state index contributed by atoms with van der Waals surface area (Å²) in [6.45, 7) is 9.99. The van der Waals surface area contributed by atoms with Gasteiger partial charge in [0, 0.05) is 43.3 Å². The van der Waals surface area contributed by atoms with E-state index in [1.54, 1.807) is 0 Å². The van der Waals surface area contributed by atoms with Gasteiger partial charge in [-0.15, -0.1) is 11.3 Å². The predicted molar refractivity (Wildman–Crippen MR) is 95.4 cm³/mol. The number of rotatable bonds is 3. The molecule has 0 spiro atoms. The highest BCUT2D eigenvalue weighted by atomic mass is 79.9. The van der Waals surface area contributed by atoms with Crippen LogP contribution in [0.5, 0.6) is 0 Å². The molecule has 2 heterocycles. The molecule has 1 aliphatic heterocycles. The third-order valence-corrected chi connectivity index (χ3v) is 5.69. The van der Waals surface area contributed by atoms with E-state index in [1.165, 1.54) is 25.5 Å². The normalized spacial score (nSPS) is 16.4. The van der Waals surface area contributed by atoms with Crippen molar-refractivity contribution < 1.29 is 0 Å². The van der Waals surface area contributed by atoms with Crippen molar-refractivity contribution in [2.24, 2.45) is 0 Å². The van der Waals surface area contributed by atoms with Crippen LogP contribution in [0.4, 0.5) is 5.69 Å². The van der Waals surface area contributed by atoms with Gasteiger partial charge in [-0.2, -0.15) is 0 Å². The number of aryl methyl sites for hydroxylation is 2. The Bertz CT molecular complexity index is 615. The van der Waals surface area contributed by atoms with E-state index in [9.17, 15) is 0 Å². The number of thiophene rings is 1. The molecule has 1 aromatic carbocycles. The fraction of sp³-hybridized carbons (Fsp3) is 0.412. The number of anilines is 1. The number of hydrogen-bond donors (Lipinski definition) is 0. The lowest BCUT2D eigenvalue weighted by molar-refractivity contribution is 0.252. The smallest absolute Gasteiger partial charge is 0.0701 e. The number of nitrogens with zero attached hydrogens (tertiary/aromatic N) is 2. The first kappa shape index (κ1) is 15.1. The van der Waals surface area contributed by atoms with Crippen LogP contribution in [0, 0.1) is 13.8 Å². The lowest BCUT2D eigenvalue weighted by Gasteiger charge is -2.36. The molecule has 0 radical (unpaired) electrons. The van der Waals surface area contributed by atoms with Gasteiger partial charge in [-0.1, -0.05) is 12.1 Å². The molecule has 0 N–H and O–H groups in total. The number of halogens is 1. The monoisotopic (exact) mass is 364 g/mol. The summed E-state index contributed by atoms with van der Waals surface area (Å²) < 4.78 is 1.23. The molecule has 0 unspecified atom stereocenters.